The molecule has 1 aromatic heterocycles. The molecule has 192 valence electrons. The van der Waals surface area contributed by atoms with Gasteiger partial charge >= 0.3 is 5.97 Å². The summed E-state index contributed by atoms with van der Waals surface area (Å²) in [4.78, 5) is 42.6. The summed E-state index contributed by atoms with van der Waals surface area (Å²) in [5.74, 6) is 0.143. The molecule has 37 heavy (non-hydrogen) atoms. The van der Waals surface area contributed by atoms with Crippen LogP contribution in [0.15, 0.2) is 69.6 Å². The van der Waals surface area contributed by atoms with E-state index in [9.17, 15) is 19.7 Å². The van der Waals surface area contributed by atoms with Crippen molar-refractivity contribution < 1.29 is 19.2 Å². The highest BCUT2D eigenvalue weighted by Gasteiger charge is 2.33. The summed E-state index contributed by atoms with van der Waals surface area (Å²) in [5.41, 5.74) is 1.22. The molecule has 10 heteroatoms. The van der Waals surface area contributed by atoms with Crippen molar-refractivity contribution in [1.29, 1.82) is 0 Å². The van der Waals surface area contributed by atoms with Crippen molar-refractivity contribution in [3.8, 4) is 5.75 Å². The molecule has 0 N–H and O–H groups in total. The number of nitro groups is 1. The predicted molar refractivity (Wildman–Crippen MR) is 140 cm³/mol. The summed E-state index contributed by atoms with van der Waals surface area (Å²) in [6.07, 6.45) is 3.45. The van der Waals surface area contributed by atoms with E-state index in [0.717, 1.165) is 24.2 Å². The number of carbonyl (C=O) groups excluding carboxylic acids is 1. The molecule has 0 bridgehead atoms. The van der Waals surface area contributed by atoms with Gasteiger partial charge in [0.1, 0.15) is 5.75 Å². The third-order valence-corrected chi connectivity index (χ3v) is 6.88. The number of hydrogen-bond acceptors (Lipinski definition) is 8. The van der Waals surface area contributed by atoms with Crippen LogP contribution in [0.1, 0.15) is 50.8 Å². The molecule has 2 heterocycles. The third-order valence-electron chi connectivity index (χ3n) is 5.90. The van der Waals surface area contributed by atoms with E-state index in [0.29, 0.717) is 34.0 Å². The predicted octanol–water partition coefficient (Wildman–Crippen LogP) is 3.89. The molecule has 9 nitrogen and oxygen atoms in total. The van der Waals surface area contributed by atoms with Gasteiger partial charge in [-0.15, -0.1) is 0 Å². The largest absolute Gasteiger partial charge is 0.494 e. The fraction of sp³-hybridized carbons (Fsp3) is 0.296. The molecule has 1 atom stereocenters. The first kappa shape index (κ1) is 26.0. The second-order valence-corrected chi connectivity index (χ2v) is 9.40. The molecule has 0 saturated heterocycles. The highest BCUT2D eigenvalue weighted by atomic mass is 32.1. The number of para-hydroxylation sites is 1. The molecule has 0 fully saturated rings. The van der Waals surface area contributed by atoms with E-state index in [1.165, 1.54) is 16.7 Å². The Bertz CT molecular complexity index is 1540. The number of benzene rings is 2. The molecule has 3 aromatic rings. The minimum atomic E-state index is -0.770. The Morgan fingerprint density at radius 3 is 2.59 bits per heavy atom. The summed E-state index contributed by atoms with van der Waals surface area (Å²) < 4.78 is 12.8. The number of unbranched alkanes of at least 4 members (excludes halogenated alkanes) is 1. The number of nitrogens with zero attached hydrogens (tertiary/aromatic N) is 3. The van der Waals surface area contributed by atoms with Crippen molar-refractivity contribution in [3.63, 3.8) is 0 Å². The zero-order chi connectivity index (χ0) is 26.5. The number of rotatable bonds is 9. The van der Waals surface area contributed by atoms with Gasteiger partial charge < -0.3 is 9.47 Å². The zero-order valence-corrected chi connectivity index (χ0v) is 21.6. The molecule has 0 amide bonds. The molecule has 1 unspecified atom stereocenters. The smallest absolute Gasteiger partial charge is 0.338 e. The maximum atomic E-state index is 13.7. The number of aromatic nitrogens is 1. The van der Waals surface area contributed by atoms with Gasteiger partial charge in [-0.1, -0.05) is 48.9 Å². The summed E-state index contributed by atoms with van der Waals surface area (Å²) in [5, 5.41) is 11.5. The molecule has 0 spiro atoms. The van der Waals surface area contributed by atoms with Crippen LogP contribution in [0.25, 0.3) is 6.08 Å². The van der Waals surface area contributed by atoms with E-state index in [-0.39, 0.29) is 22.4 Å². The number of nitro benzene ring substituents is 1. The van der Waals surface area contributed by atoms with Crippen LogP contribution in [0.3, 0.4) is 0 Å². The maximum absolute atomic E-state index is 13.7. The first-order chi connectivity index (χ1) is 17.8. The number of ether oxygens (including phenoxy) is 2. The Morgan fingerprint density at radius 1 is 1.19 bits per heavy atom. The summed E-state index contributed by atoms with van der Waals surface area (Å²) in [6.45, 7) is 6.29. The van der Waals surface area contributed by atoms with E-state index in [2.05, 4.69) is 11.9 Å². The monoisotopic (exact) mass is 521 g/mol. The van der Waals surface area contributed by atoms with E-state index in [1.807, 2.05) is 24.3 Å². The molecule has 2 aromatic carbocycles. The average molecular weight is 522 g/mol. The number of fused-ring (bicyclic) bond motifs is 1. The normalized spacial score (nSPS) is 15.2. The lowest BCUT2D eigenvalue weighted by molar-refractivity contribution is -0.385. The average Bonchev–Trinajstić information content (AvgIpc) is 3.18. The number of hydrogen-bond donors (Lipinski definition) is 0. The Hall–Kier alpha value is -4.05. The summed E-state index contributed by atoms with van der Waals surface area (Å²) in [6, 6.07) is 12.7. The van der Waals surface area contributed by atoms with Crippen molar-refractivity contribution >= 4 is 29.1 Å². The van der Waals surface area contributed by atoms with Gasteiger partial charge in [0.25, 0.3) is 11.2 Å². The highest BCUT2D eigenvalue weighted by molar-refractivity contribution is 7.07. The third kappa shape index (κ3) is 5.39. The number of allylic oxidation sites excluding steroid dienone is 1. The van der Waals surface area contributed by atoms with Crippen LogP contribution < -0.4 is 19.6 Å². The molecule has 1 aliphatic rings. The fourth-order valence-electron chi connectivity index (χ4n) is 4.10. The van der Waals surface area contributed by atoms with Crippen molar-refractivity contribution in [2.75, 3.05) is 13.2 Å². The first-order valence-electron chi connectivity index (χ1n) is 12.0. The molecule has 1 aliphatic heterocycles. The lowest BCUT2D eigenvalue weighted by Gasteiger charge is -2.24. The summed E-state index contributed by atoms with van der Waals surface area (Å²) in [7, 11) is 0. The molecule has 0 saturated carbocycles. The topological polar surface area (TPSA) is 113 Å². The van der Waals surface area contributed by atoms with Gasteiger partial charge in [-0.3, -0.25) is 19.5 Å². The van der Waals surface area contributed by atoms with E-state index in [4.69, 9.17) is 9.47 Å². The first-order valence-corrected chi connectivity index (χ1v) is 12.8. The number of thiazole rings is 1. The van der Waals surface area contributed by atoms with Crippen LogP contribution in [-0.4, -0.2) is 28.7 Å². The van der Waals surface area contributed by atoms with E-state index < -0.39 is 22.5 Å². The van der Waals surface area contributed by atoms with Gasteiger partial charge in [0, 0.05) is 6.07 Å². The van der Waals surface area contributed by atoms with Gasteiger partial charge in [-0.25, -0.2) is 9.79 Å². The second kappa shape index (κ2) is 11.3. The van der Waals surface area contributed by atoms with Crippen LogP contribution in [0.2, 0.25) is 0 Å². The van der Waals surface area contributed by atoms with Crippen LogP contribution in [0.4, 0.5) is 5.69 Å². The SMILES string of the molecule is CCCCOc1ccc(C2C(C(=O)OCC)=C(C)N=c3sc(=Cc4ccccc4[N+](=O)[O-])c(=O)n32)cc1. The Balaban J connectivity index is 1.87. The minimum absolute atomic E-state index is 0.105. The zero-order valence-electron chi connectivity index (χ0n) is 20.8. The maximum Gasteiger partial charge on any atom is 0.338 e. The lowest BCUT2D eigenvalue weighted by Crippen LogP contribution is -2.39. The summed E-state index contributed by atoms with van der Waals surface area (Å²) >= 11 is 1.12. The van der Waals surface area contributed by atoms with Crippen molar-refractivity contribution in [3.05, 3.63) is 101 Å². The molecule has 0 aliphatic carbocycles. The van der Waals surface area contributed by atoms with Gasteiger partial charge in [0.15, 0.2) is 4.80 Å². The van der Waals surface area contributed by atoms with Crippen LogP contribution in [0, 0.1) is 10.1 Å². The number of carbonyl (C=O) groups is 1. The molecular weight excluding hydrogens is 494 g/mol. The van der Waals surface area contributed by atoms with Crippen LogP contribution in [0.5, 0.6) is 5.75 Å². The van der Waals surface area contributed by atoms with Crippen molar-refractivity contribution in [2.24, 2.45) is 4.99 Å². The second-order valence-electron chi connectivity index (χ2n) is 8.39. The van der Waals surface area contributed by atoms with Gasteiger partial charge in [0.2, 0.25) is 0 Å². The fourth-order valence-corrected chi connectivity index (χ4v) is 5.14. The quantitative estimate of drug-likeness (QED) is 0.183. The Labute approximate surface area is 217 Å². The van der Waals surface area contributed by atoms with Crippen molar-refractivity contribution in [2.45, 2.75) is 39.7 Å². The van der Waals surface area contributed by atoms with E-state index in [1.54, 1.807) is 32.0 Å². The lowest BCUT2D eigenvalue weighted by atomic mass is 9.96. The van der Waals surface area contributed by atoms with Crippen LogP contribution in [-0.2, 0) is 9.53 Å². The van der Waals surface area contributed by atoms with Gasteiger partial charge in [0.05, 0.1) is 45.5 Å². The van der Waals surface area contributed by atoms with Crippen LogP contribution >= 0.6 is 11.3 Å². The Kier molecular flexibility index (Phi) is 7.98. The van der Waals surface area contributed by atoms with Gasteiger partial charge in [-0.2, -0.15) is 0 Å². The number of esters is 1. The molecular formula is C27H27N3O6S. The van der Waals surface area contributed by atoms with Crippen molar-refractivity contribution in [1.82, 2.24) is 4.57 Å². The molecule has 4 rings (SSSR count). The highest BCUT2D eigenvalue weighted by Crippen LogP contribution is 2.31. The standard InChI is InChI=1S/C27H27N3O6S/c1-4-6-15-36-20-13-11-18(12-14-20)24-23(26(32)35-5-2)17(3)28-27-29(24)25(31)22(37-27)16-19-9-7-8-10-21(19)30(33)34/h7-14,16,24H,4-6,15H2,1-3H3. The van der Waals surface area contributed by atoms with Gasteiger partial charge in [-0.05, 0) is 50.1 Å². The van der Waals surface area contributed by atoms with E-state index >= 15 is 0 Å². The molecule has 0 radical (unpaired) electrons. The Morgan fingerprint density at radius 2 is 1.92 bits per heavy atom. The minimum Gasteiger partial charge on any atom is -0.494 e.